The number of ether oxygens (including phenoxy) is 1. The number of benzene rings is 1. The second-order valence-corrected chi connectivity index (χ2v) is 10.6. The fourth-order valence-corrected chi connectivity index (χ4v) is 4.27. The van der Waals surface area contributed by atoms with E-state index in [2.05, 4.69) is 13.0 Å². The Morgan fingerprint density at radius 1 is 0.881 bits per heavy atom. The fourth-order valence-electron chi connectivity index (χ4n) is 4.27. The number of hydrogen-bond donors (Lipinski definition) is 1. The molecule has 0 saturated carbocycles. The highest BCUT2D eigenvalue weighted by atomic mass is 16.5. The number of allylic oxidation sites excluding steroid dienone is 8. The van der Waals surface area contributed by atoms with Crippen LogP contribution in [0.15, 0.2) is 77.4 Å². The first-order valence-corrected chi connectivity index (χ1v) is 15.3. The first-order chi connectivity index (χ1) is 20.3. The standard InChI is InChI=1S/C36H50N2O4/c1-5-6-7-8-9-10-11-12-15-18-27-42-36(41)34(29-37)31(3)20-17-14-13-16-19-30(2)28-32-21-23-33(24-22-32)38(4)26-25-35(39)40/h13-14,16-17,19-24,28H,5-12,15,18,25-27H2,1-4H3,(H,39,40). The maximum atomic E-state index is 12.3. The number of carbonyl (C=O) groups is 2. The van der Waals surface area contributed by atoms with E-state index in [-0.39, 0.29) is 12.0 Å². The van der Waals surface area contributed by atoms with Crippen molar-refractivity contribution in [2.24, 2.45) is 0 Å². The monoisotopic (exact) mass is 574 g/mol. The Bertz CT molecular complexity index is 1130. The van der Waals surface area contributed by atoms with E-state index in [4.69, 9.17) is 9.84 Å². The van der Waals surface area contributed by atoms with Crippen molar-refractivity contribution in [3.63, 3.8) is 0 Å². The van der Waals surface area contributed by atoms with Gasteiger partial charge in [0.15, 0.2) is 0 Å². The molecule has 1 N–H and O–H groups in total. The third kappa shape index (κ3) is 17.1. The van der Waals surface area contributed by atoms with E-state index in [0.29, 0.717) is 18.7 Å². The van der Waals surface area contributed by atoms with Gasteiger partial charge in [-0.2, -0.15) is 5.26 Å². The molecule has 1 rings (SSSR count). The van der Waals surface area contributed by atoms with Gasteiger partial charge in [-0.3, -0.25) is 4.79 Å². The number of hydrogen-bond acceptors (Lipinski definition) is 5. The Kier molecular flexibility index (Phi) is 19.6. The predicted octanol–water partition coefficient (Wildman–Crippen LogP) is 8.97. The van der Waals surface area contributed by atoms with Gasteiger partial charge in [0.05, 0.1) is 13.0 Å². The molecule has 0 amide bonds. The third-order valence-corrected chi connectivity index (χ3v) is 6.87. The van der Waals surface area contributed by atoms with Crippen LogP contribution in [0.5, 0.6) is 0 Å². The first-order valence-electron chi connectivity index (χ1n) is 15.3. The lowest BCUT2D eigenvalue weighted by Gasteiger charge is -2.18. The molecule has 0 unspecified atom stereocenters. The summed E-state index contributed by atoms with van der Waals surface area (Å²) in [5.41, 5.74) is 3.72. The molecule has 228 valence electrons. The summed E-state index contributed by atoms with van der Waals surface area (Å²) < 4.78 is 5.33. The number of carbonyl (C=O) groups excluding carboxylic acids is 1. The molecule has 0 spiro atoms. The van der Waals surface area contributed by atoms with E-state index in [1.54, 1.807) is 19.1 Å². The summed E-state index contributed by atoms with van der Waals surface area (Å²) in [7, 11) is 1.88. The molecular formula is C36H50N2O4. The number of aliphatic carboxylic acids is 1. The molecule has 1 aromatic carbocycles. The summed E-state index contributed by atoms with van der Waals surface area (Å²) in [4.78, 5) is 25.0. The van der Waals surface area contributed by atoms with Gasteiger partial charge >= 0.3 is 11.9 Å². The highest BCUT2D eigenvalue weighted by Gasteiger charge is 2.12. The molecular weight excluding hydrogens is 524 g/mol. The van der Waals surface area contributed by atoms with Gasteiger partial charge in [-0.1, -0.05) is 125 Å². The number of unbranched alkanes of at least 4 members (excludes halogenated alkanes) is 9. The summed E-state index contributed by atoms with van der Waals surface area (Å²) in [6, 6.07) is 9.96. The number of carboxylic acid groups (broad SMARTS) is 1. The van der Waals surface area contributed by atoms with Crippen molar-refractivity contribution in [1.82, 2.24) is 0 Å². The minimum atomic E-state index is -0.804. The van der Waals surface area contributed by atoms with Crippen LogP contribution in [0.25, 0.3) is 6.08 Å². The maximum absolute atomic E-state index is 12.3. The molecule has 0 fully saturated rings. The predicted molar refractivity (Wildman–Crippen MR) is 174 cm³/mol. The van der Waals surface area contributed by atoms with Crippen molar-refractivity contribution in [3.8, 4) is 6.07 Å². The number of anilines is 1. The summed E-state index contributed by atoms with van der Waals surface area (Å²) in [5.74, 6) is -1.36. The third-order valence-electron chi connectivity index (χ3n) is 6.87. The molecule has 0 aliphatic rings. The Labute approximate surface area is 253 Å². The first kappa shape index (κ1) is 36.2. The molecule has 6 nitrogen and oxygen atoms in total. The van der Waals surface area contributed by atoms with Crippen molar-refractivity contribution in [2.75, 3.05) is 25.1 Å². The highest BCUT2D eigenvalue weighted by Crippen LogP contribution is 2.17. The van der Waals surface area contributed by atoms with Crippen LogP contribution in [0.4, 0.5) is 5.69 Å². The Hall–Kier alpha value is -3.85. The van der Waals surface area contributed by atoms with E-state index in [1.165, 1.54) is 44.9 Å². The van der Waals surface area contributed by atoms with E-state index < -0.39 is 11.9 Å². The Morgan fingerprint density at radius 3 is 2.02 bits per heavy atom. The molecule has 1 aromatic rings. The summed E-state index contributed by atoms with van der Waals surface area (Å²) in [6.07, 6.45) is 25.5. The van der Waals surface area contributed by atoms with E-state index >= 15 is 0 Å². The van der Waals surface area contributed by atoms with Gasteiger partial charge in [-0.05, 0) is 43.5 Å². The lowest BCUT2D eigenvalue weighted by atomic mass is 10.1. The zero-order valence-corrected chi connectivity index (χ0v) is 26.1. The smallest absolute Gasteiger partial charge is 0.349 e. The quantitative estimate of drug-likeness (QED) is 0.0518. The van der Waals surface area contributed by atoms with Gasteiger partial charge in [-0.15, -0.1) is 0 Å². The van der Waals surface area contributed by atoms with Gasteiger partial charge in [0.1, 0.15) is 11.6 Å². The SMILES string of the molecule is CCCCCCCCCCCCOC(=O)C(C#N)=C(C)C=CC=CC=CC(C)=Cc1ccc(N(C)CCC(=O)O)cc1. The molecule has 42 heavy (non-hydrogen) atoms. The van der Waals surface area contributed by atoms with Crippen LogP contribution in [0.2, 0.25) is 0 Å². The number of nitriles is 1. The van der Waals surface area contributed by atoms with Crippen molar-refractivity contribution < 1.29 is 19.4 Å². The van der Waals surface area contributed by atoms with Crippen LogP contribution in [-0.4, -0.2) is 37.2 Å². The fraction of sp³-hybridized carbons (Fsp3) is 0.472. The molecule has 0 aromatic heterocycles. The Balaban J connectivity index is 2.43. The molecule has 0 radical (unpaired) electrons. The van der Waals surface area contributed by atoms with Gasteiger partial charge in [0, 0.05) is 19.3 Å². The maximum Gasteiger partial charge on any atom is 0.349 e. The van der Waals surface area contributed by atoms with Gasteiger partial charge in [0.2, 0.25) is 0 Å². The average Bonchev–Trinajstić information content (AvgIpc) is 2.97. The summed E-state index contributed by atoms with van der Waals surface area (Å²) in [6.45, 7) is 6.80. The second kappa shape index (κ2) is 22.8. The number of rotatable bonds is 21. The van der Waals surface area contributed by atoms with Crippen molar-refractivity contribution in [1.29, 1.82) is 5.26 Å². The number of esters is 1. The molecule has 0 saturated heterocycles. The molecule has 0 bridgehead atoms. The molecule has 0 aliphatic carbocycles. The van der Waals surface area contributed by atoms with Crippen molar-refractivity contribution in [2.45, 2.75) is 91.4 Å². The van der Waals surface area contributed by atoms with Gasteiger partial charge < -0.3 is 14.7 Å². The molecule has 6 heteroatoms. The lowest BCUT2D eigenvalue weighted by molar-refractivity contribution is -0.139. The zero-order chi connectivity index (χ0) is 31.0. The van der Waals surface area contributed by atoms with Crippen LogP contribution in [-0.2, 0) is 14.3 Å². The second-order valence-electron chi connectivity index (χ2n) is 10.6. The van der Waals surface area contributed by atoms with Crippen LogP contribution in [0.1, 0.15) is 97.0 Å². The van der Waals surface area contributed by atoms with E-state index in [0.717, 1.165) is 36.1 Å². The summed E-state index contributed by atoms with van der Waals surface area (Å²) >= 11 is 0. The minimum Gasteiger partial charge on any atom is -0.481 e. The molecule has 0 atom stereocenters. The van der Waals surface area contributed by atoms with E-state index in [9.17, 15) is 14.9 Å². The van der Waals surface area contributed by atoms with Gasteiger partial charge in [-0.25, -0.2) is 4.79 Å². The highest BCUT2D eigenvalue weighted by molar-refractivity contribution is 5.94. The lowest BCUT2D eigenvalue weighted by Crippen LogP contribution is -2.20. The Morgan fingerprint density at radius 2 is 1.45 bits per heavy atom. The number of carboxylic acids is 1. The minimum absolute atomic E-state index is 0.0418. The number of nitrogens with zero attached hydrogens (tertiary/aromatic N) is 2. The van der Waals surface area contributed by atoms with Gasteiger partial charge in [0.25, 0.3) is 0 Å². The topological polar surface area (TPSA) is 90.6 Å². The summed E-state index contributed by atoms with van der Waals surface area (Å²) in [5, 5.41) is 18.3. The average molecular weight is 575 g/mol. The van der Waals surface area contributed by atoms with Crippen LogP contribution in [0, 0.1) is 11.3 Å². The van der Waals surface area contributed by atoms with Crippen LogP contribution < -0.4 is 4.90 Å². The van der Waals surface area contributed by atoms with E-state index in [1.807, 2.05) is 73.5 Å². The normalized spacial score (nSPS) is 12.6. The zero-order valence-electron chi connectivity index (χ0n) is 26.1. The largest absolute Gasteiger partial charge is 0.481 e. The molecule has 0 heterocycles. The van der Waals surface area contributed by atoms with Crippen molar-refractivity contribution in [3.05, 3.63) is 83.0 Å². The van der Waals surface area contributed by atoms with Crippen molar-refractivity contribution >= 4 is 23.7 Å². The van der Waals surface area contributed by atoms with Crippen LogP contribution >= 0.6 is 0 Å². The molecule has 0 aliphatic heterocycles. The van der Waals surface area contributed by atoms with Crippen LogP contribution in [0.3, 0.4) is 0 Å².